The summed E-state index contributed by atoms with van der Waals surface area (Å²) in [6, 6.07) is 10.6. The van der Waals surface area contributed by atoms with Crippen LogP contribution in [0.1, 0.15) is 291 Å². The number of nitrogens with one attached hydrogen (secondary N) is 2. The molecule has 3 saturated heterocycles. The Bertz CT molecular complexity index is 4360. The molecule has 6 unspecified atom stereocenters. The average molecular weight is 1830 g/mol. The Morgan fingerprint density at radius 1 is 0.563 bits per heavy atom. The molecule has 26 atom stereocenters. The Balaban J connectivity index is 0.000000188. The summed E-state index contributed by atoms with van der Waals surface area (Å²) in [6.07, 6.45) is 40.3. The van der Waals surface area contributed by atoms with Crippen LogP contribution in [0.15, 0.2) is 101 Å². The maximum Gasteiger partial charge on any atom is 0.373 e. The van der Waals surface area contributed by atoms with E-state index in [2.05, 4.69) is 185 Å². The highest BCUT2D eigenvalue weighted by molar-refractivity contribution is 7.93. The second-order valence-electron chi connectivity index (χ2n) is 46.6. The van der Waals surface area contributed by atoms with E-state index >= 15 is 0 Å². The van der Waals surface area contributed by atoms with Gasteiger partial charge in [-0.1, -0.05) is 162 Å². The summed E-state index contributed by atoms with van der Waals surface area (Å²) in [5, 5.41) is 6.53. The summed E-state index contributed by atoms with van der Waals surface area (Å²) in [6.45, 7) is 59.0. The van der Waals surface area contributed by atoms with Crippen LogP contribution in [0.4, 0.5) is 8.78 Å². The van der Waals surface area contributed by atoms with E-state index in [1.54, 1.807) is 19.4 Å². The number of hydrogen-bond donors (Lipinski definition) is 3. The van der Waals surface area contributed by atoms with E-state index in [-0.39, 0.29) is 83.3 Å². The molecule has 16 rings (SSSR count). The number of fused-ring (bicyclic) bond motifs is 14. The Labute approximate surface area is 772 Å². The fourth-order valence-corrected chi connectivity index (χ4v) is 35.7. The maximum atomic E-state index is 14.7. The molecule has 8 saturated carbocycles. The lowest BCUT2D eigenvalue weighted by molar-refractivity contribution is -0.221. The summed E-state index contributed by atoms with van der Waals surface area (Å²) in [7, 11) is -5.90. The van der Waals surface area contributed by atoms with Gasteiger partial charge in [0.1, 0.15) is 18.6 Å². The first-order chi connectivity index (χ1) is 59.2. The van der Waals surface area contributed by atoms with Gasteiger partial charge in [-0.05, 0) is 357 Å². The van der Waals surface area contributed by atoms with Crippen molar-refractivity contribution in [3.05, 3.63) is 107 Å². The van der Waals surface area contributed by atoms with Gasteiger partial charge in [0.15, 0.2) is 19.7 Å². The highest BCUT2D eigenvalue weighted by Crippen LogP contribution is 2.79. The molecule has 710 valence electrons. The second-order valence-corrected chi connectivity index (χ2v) is 52.9. The number of piperidine rings is 1. The predicted octanol–water partition coefficient (Wildman–Crippen LogP) is 22.0. The van der Waals surface area contributed by atoms with E-state index in [4.69, 9.17) is 48.1 Å². The third-order valence-corrected chi connectivity index (χ3v) is 44.4. The fraction of sp³-hybridized carbons (Fsp3) is 0.802. The van der Waals surface area contributed by atoms with Gasteiger partial charge in [-0.25, -0.2) is 21.2 Å². The number of carbonyl (C=O) groups excluding carboxylic acids is 4. The van der Waals surface area contributed by atoms with Gasteiger partial charge in [-0.15, -0.1) is 23.2 Å². The summed E-state index contributed by atoms with van der Waals surface area (Å²) < 4.78 is 82.6. The first-order valence-corrected chi connectivity index (χ1v) is 53.5. The number of nitrogens with zero attached hydrogens (tertiary/aromatic N) is 2. The minimum absolute atomic E-state index is 0.0232. The Morgan fingerprint density at radius 3 is 1.44 bits per heavy atom. The van der Waals surface area contributed by atoms with Crippen molar-refractivity contribution in [1.29, 1.82) is 0 Å². The summed E-state index contributed by atoms with van der Waals surface area (Å²) >= 11 is 10.4. The van der Waals surface area contributed by atoms with Gasteiger partial charge in [0.2, 0.25) is 0 Å². The van der Waals surface area contributed by atoms with Crippen LogP contribution in [-0.2, 0) is 50.0 Å². The van der Waals surface area contributed by atoms with Crippen LogP contribution in [0.3, 0.4) is 0 Å². The summed E-state index contributed by atoms with van der Waals surface area (Å²) in [5.74, 6) is 8.93. The second kappa shape index (κ2) is 40.1. The number of alkyl halides is 4. The normalized spacial score (nSPS) is 43.1. The number of allylic oxidation sites excluding steroid dienone is 9. The lowest BCUT2D eigenvalue weighted by Gasteiger charge is -2.72. The number of ether oxygens (including phenoxy) is 1. The number of benzene rings is 1. The molecule has 15 aliphatic rings. The Kier molecular flexibility index (Phi) is 32.7. The lowest BCUT2D eigenvalue weighted by atomic mass is 9.33. The minimum Gasteiger partial charge on any atom is -0.458 e. The van der Waals surface area contributed by atoms with E-state index < -0.39 is 32.0 Å². The first kappa shape index (κ1) is 103. The first-order valence-electron chi connectivity index (χ1n) is 49.3. The third kappa shape index (κ3) is 19.2. The number of sulfone groups is 2. The molecule has 0 spiro atoms. The zero-order valence-corrected chi connectivity index (χ0v) is 84.2. The van der Waals surface area contributed by atoms with E-state index in [0.29, 0.717) is 121 Å². The zero-order chi connectivity index (χ0) is 92.6. The van der Waals surface area contributed by atoms with Gasteiger partial charge < -0.3 is 25.9 Å². The number of hydrogen-bond acceptors (Lipinski definition) is 14. The number of carbonyl (C=O) groups is 2. The molecular weight excluding hydrogens is 1660 g/mol. The van der Waals surface area contributed by atoms with Gasteiger partial charge >= 0.3 is 6.15 Å². The van der Waals surface area contributed by atoms with Crippen LogP contribution in [0.2, 0.25) is 0 Å². The number of halogens is 4. The fourth-order valence-electron chi connectivity index (χ4n) is 32.2. The minimum atomic E-state index is -3.02. The van der Waals surface area contributed by atoms with E-state index in [0.717, 1.165) is 81.8 Å². The van der Waals surface area contributed by atoms with Gasteiger partial charge in [0.05, 0.1) is 33.6 Å². The largest absolute Gasteiger partial charge is 0.458 e. The molecule has 0 aromatic heterocycles. The smallest absolute Gasteiger partial charge is 0.373 e. The van der Waals surface area contributed by atoms with Crippen LogP contribution in [-0.4, -0.2) is 167 Å². The molecule has 3 aliphatic heterocycles. The average Bonchev–Trinajstić information content (AvgIpc) is 1.11. The van der Waals surface area contributed by atoms with Crippen molar-refractivity contribution in [2.75, 3.05) is 84.0 Å². The summed E-state index contributed by atoms with van der Waals surface area (Å²) in [5.41, 5.74) is 18.1. The monoisotopic (exact) mass is 1830 g/mol. The SMILES string of the molecule is C=C(C)[C@@H]1CC[C@]2(N)CC[C@]3(C)[C@H](CC[C@@H]4[C@@]5(C)CC=C(C6=CC[C@@](CF)(Cc7ccccc7)CC6)C(C)(C)[C@@H]5CC[C@]43C)[C@@H]12.C=C(C)[C@@H]1CC[C@]2(NCCN3CC(C)S(=O)(=O)C(C)C3)CC[C@]3(C)[C@H](CC[C@@H]4[C@@]5(C)CC=C(C6=CC[C@@](CF)(OC=O)CC6)C(C)(C)[C@@H]5CC[C@]43C)[C@@H]12.CC1CN(CCCl)CC(C)S1(=O)=O.CC1CNCC(C)C1.O=C=O.O=CCCl. The molecule has 4 N–H and O–H groups in total. The van der Waals surface area contributed by atoms with Crippen molar-refractivity contribution in [3.63, 3.8) is 0 Å². The van der Waals surface area contributed by atoms with Gasteiger partial charge in [-0.3, -0.25) is 19.0 Å². The van der Waals surface area contributed by atoms with Gasteiger partial charge in [0.25, 0.3) is 6.47 Å². The van der Waals surface area contributed by atoms with Crippen LogP contribution in [0.25, 0.3) is 0 Å². The van der Waals surface area contributed by atoms with Crippen molar-refractivity contribution >= 4 is 61.8 Å². The topological polar surface area (TPSA) is 202 Å². The Morgan fingerprint density at radius 2 is 1.02 bits per heavy atom. The molecular formula is C106H167Cl2F2N5O9S2. The highest BCUT2D eigenvalue weighted by Gasteiger charge is 2.73. The molecule has 0 bridgehead atoms. The molecule has 3 heterocycles. The van der Waals surface area contributed by atoms with Crippen LogP contribution in [0, 0.1) is 120 Å². The number of nitrogens with two attached hydrogens (primary N) is 1. The van der Waals surface area contributed by atoms with E-state index in [9.17, 15) is 30.4 Å². The highest BCUT2D eigenvalue weighted by atomic mass is 35.5. The Hall–Kier alpha value is -3.68. The molecule has 1 aromatic rings. The molecule has 12 aliphatic carbocycles. The van der Waals surface area contributed by atoms with Crippen LogP contribution >= 0.6 is 23.2 Å². The van der Waals surface area contributed by atoms with Crippen molar-refractivity contribution in [1.82, 2.24) is 20.4 Å². The standard InChI is InChI=1S/C45H71FN2O4S.C43H62FN.C8H16ClNO2S.C7H15N.C2H3ClO.CO2/c1-30(2)34-14-21-45(47-24-25-48-26-31(3)53(50,51)32(4)27-48)23-22-42(8)36(39(34)45)10-11-38-41(7)17-15-35(40(5,6)37(41)16-18-43(38,42)9)33-12-19-44(28-46,20-13-33)52-29-49;1-29(2)32-17-24-43(45)26-25-40(6)34(37(32)43)13-14-36-39(5)20-18-33(38(3,4)35(39)19-21-41(36,40)7)31-15-22-42(28-44,23-16-31)27-30-11-9-8-10-12-30;1-7-5-10(4-3-9)6-8(2)13(7,11)12;1-6-3-7(2)5-8-4-6;3-1-2-4;2-1-3/h12,15,29,31-32,34,36-39,47H,1,10-11,13-14,16-28H2,2-9H3;8-12,15,18,32,34-37H,1,13-14,16-17,19-28,45H2,2-7H3;7-8H,3-6H2,1-2H3;6-8H,3-5H2,1-2H3;2H,1H2;/t31?,32?,34-,36+,37-,38+,39+,41-,42+,43+,44+,45-;32-,34+,35-,36+,37+,39-,40+,41+,42-,43-;;;;/m00..../s1. The zero-order valence-electron chi connectivity index (χ0n) is 81.1. The summed E-state index contributed by atoms with van der Waals surface area (Å²) in [4.78, 5) is 41.0. The molecule has 1 aromatic carbocycles. The van der Waals surface area contributed by atoms with Crippen molar-refractivity contribution in [2.24, 2.45) is 125 Å². The van der Waals surface area contributed by atoms with Gasteiger partial charge in [0, 0.05) is 74.6 Å². The van der Waals surface area contributed by atoms with Gasteiger partial charge in [-0.2, -0.15) is 9.59 Å². The van der Waals surface area contributed by atoms with E-state index in [1.165, 1.54) is 162 Å². The third-order valence-electron chi connectivity index (χ3n) is 39.0. The lowest BCUT2D eigenvalue weighted by Crippen LogP contribution is -2.68. The predicted molar refractivity (Wildman–Crippen MR) is 513 cm³/mol. The van der Waals surface area contributed by atoms with Crippen LogP contribution in [0.5, 0.6) is 0 Å². The quantitative estimate of drug-likeness (QED) is 0.0755. The number of rotatable bonds is 17. The molecule has 0 radical (unpaired) electrons. The molecule has 126 heavy (non-hydrogen) atoms. The number of aldehydes is 1. The van der Waals surface area contributed by atoms with E-state index in [1.807, 2.05) is 13.8 Å². The molecule has 14 nitrogen and oxygen atoms in total. The molecule has 20 heteroatoms. The van der Waals surface area contributed by atoms with Crippen LogP contribution < -0.4 is 16.4 Å². The van der Waals surface area contributed by atoms with Crippen molar-refractivity contribution in [2.45, 2.75) is 329 Å². The van der Waals surface area contributed by atoms with Crippen molar-refractivity contribution < 1.29 is 49.5 Å². The maximum absolute atomic E-state index is 14.7. The molecule has 0 amide bonds. The molecule has 11 fully saturated rings. The van der Waals surface area contributed by atoms with Crippen molar-refractivity contribution in [3.8, 4) is 0 Å².